The fourth-order valence-corrected chi connectivity index (χ4v) is 0.923. The van der Waals surface area contributed by atoms with Crippen LogP contribution in [0, 0.1) is 5.41 Å². The molecule has 0 aliphatic carbocycles. The van der Waals surface area contributed by atoms with Crippen LogP contribution in [0.2, 0.25) is 0 Å². The van der Waals surface area contributed by atoms with Gasteiger partial charge in [-0.2, -0.15) is 0 Å². The number of rotatable bonds is 2. The van der Waals surface area contributed by atoms with Crippen molar-refractivity contribution >= 4 is 23.0 Å². The molecule has 0 saturated carbocycles. The lowest BCUT2D eigenvalue weighted by Crippen LogP contribution is -2.24. The zero-order chi connectivity index (χ0) is 10.0. The van der Waals surface area contributed by atoms with Crippen molar-refractivity contribution in [2.75, 3.05) is 11.5 Å². The lowest BCUT2D eigenvalue weighted by atomic mass is 10.1. The monoisotopic (exact) mass is 178 g/mol. The van der Waals surface area contributed by atoms with Crippen LogP contribution in [0.1, 0.15) is 5.56 Å². The van der Waals surface area contributed by atoms with Crippen LogP contribution in [-0.4, -0.2) is 11.6 Å². The van der Waals surface area contributed by atoms with Gasteiger partial charge in [0.05, 0.1) is 0 Å². The summed E-state index contributed by atoms with van der Waals surface area (Å²) < 4.78 is 0. The number of nitrogens with two attached hydrogens (primary N) is 3. The Kier molecular flexibility index (Phi) is 2.19. The van der Waals surface area contributed by atoms with Crippen molar-refractivity contribution in [3.8, 4) is 0 Å². The standard InChI is InChI=1S/C8H10N4O/c9-4-1-2-6(10)5(3-4)7(11)8(12)13/h1-3,11H,9-10H2,(H2,12,13). The van der Waals surface area contributed by atoms with E-state index >= 15 is 0 Å². The maximum atomic E-state index is 10.7. The van der Waals surface area contributed by atoms with E-state index in [4.69, 9.17) is 22.6 Å². The fourth-order valence-electron chi connectivity index (χ4n) is 0.923. The van der Waals surface area contributed by atoms with Gasteiger partial charge in [-0.05, 0) is 18.2 Å². The van der Waals surface area contributed by atoms with Gasteiger partial charge in [-0.1, -0.05) is 0 Å². The third-order valence-electron chi connectivity index (χ3n) is 1.59. The maximum Gasteiger partial charge on any atom is 0.267 e. The van der Waals surface area contributed by atoms with Gasteiger partial charge in [0, 0.05) is 16.9 Å². The van der Waals surface area contributed by atoms with Crippen LogP contribution in [0.15, 0.2) is 18.2 Å². The summed E-state index contributed by atoms with van der Waals surface area (Å²) in [6, 6.07) is 4.57. The lowest BCUT2D eigenvalue weighted by molar-refractivity contribution is -0.112. The van der Waals surface area contributed by atoms with Gasteiger partial charge in [0.15, 0.2) is 0 Å². The van der Waals surface area contributed by atoms with Crippen molar-refractivity contribution in [2.45, 2.75) is 0 Å². The van der Waals surface area contributed by atoms with E-state index in [1.165, 1.54) is 12.1 Å². The van der Waals surface area contributed by atoms with Crippen LogP contribution in [0.5, 0.6) is 0 Å². The van der Waals surface area contributed by atoms with E-state index in [0.29, 0.717) is 11.4 Å². The average Bonchev–Trinajstić information content (AvgIpc) is 2.08. The molecule has 68 valence electrons. The fraction of sp³-hybridized carbons (Fsp3) is 0. The summed E-state index contributed by atoms with van der Waals surface area (Å²) in [5.74, 6) is -0.822. The molecular weight excluding hydrogens is 168 g/mol. The maximum absolute atomic E-state index is 10.7. The normalized spacial score (nSPS) is 9.54. The van der Waals surface area contributed by atoms with Gasteiger partial charge >= 0.3 is 0 Å². The molecule has 7 N–H and O–H groups in total. The van der Waals surface area contributed by atoms with Crippen LogP contribution in [-0.2, 0) is 4.79 Å². The molecule has 0 saturated heterocycles. The van der Waals surface area contributed by atoms with Crippen LogP contribution >= 0.6 is 0 Å². The molecule has 0 aliphatic heterocycles. The van der Waals surface area contributed by atoms with E-state index in [1.807, 2.05) is 0 Å². The van der Waals surface area contributed by atoms with Crippen molar-refractivity contribution in [3.05, 3.63) is 23.8 Å². The number of benzene rings is 1. The van der Waals surface area contributed by atoms with Crippen molar-refractivity contribution < 1.29 is 4.79 Å². The van der Waals surface area contributed by atoms with E-state index < -0.39 is 5.91 Å². The molecule has 0 fully saturated rings. The second-order valence-electron chi connectivity index (χ2n) is 2.59. The number of hydrogen-bond donors (Lipinski definition) is 4. The van der Waals surface area contributed by atoms with Crippen LogP contribution in [0.3, 0.4) is 0 Å². The Hall–Kier alpha value is -2.04. The minimum Gasteiger partial charge on any atom is -0.399 e. The summed E-state index contributed by atoms with van der Waals surface area (Å²) in [7, 11) is 0. The van der Waals surface area contributed by atoms with Gasteiger partial charge in [0.1, 0.15) is 5.71 Å². The highest BCUT2D eigenvalue weighted by Gasteiger charge is 2.10. The van der Waals surface area contributed by atoms with E-state index in [9.17, 15) is 4.79 Å². The van der Waals surface area contributed by atoms with E-state index in [2.05, 4.69) is 0 Å². The SMILES string of the molecule is N=C(C(N)=O)c1cc(N)ccc1N. The zero-order valence-corrected chi connectivity index (χ0v) is 6.87. The number of primary amides is 1. The summed E-state index contributed by atoms with van der Waals surface area (Å²) in [4.78, 5) is 10.7. The van der Waals surface area contributed by atoms with Crippen molar-refractivity contribution in [2.24, 2.45) is 5.73 Å². The Morgan fingerprint density at radius 2 is 1.92 bits per heavy atom. The molecule has 5 heteroatoms. The first kappa shape index (κ1) is 9.05. The molecule has 1 amide bonds. The van der Waals surface area contributed by atoms with Crippen molar-refractivity contribution in [1.82, 2.24) is 0 Å². The van der Waals surface area contributed by atoms with Gasteiger partial charge in [-0.25, -0.2) is 0 Å². The number of nitrogens with one attached hydrogen (secondary N) is 1. The van der Waals surface area contributed by atoms with Gasteiger partial charge in [-0.15, -0.1) is 0 Å². The van der Waals surface area contributed by atoms with Gasteiger partial charge in [0.2, 0.25) is 0 Å². The first-order valence-electron chi connectivity index (χ1n) is 3.56. The van der Waals surface area contributed by atoms with E-state index in [0.717, 1.165) is 0 Å². The molecule has 5 nitrogen and oxygen atoms in total. The topological polar surface area (TPSA) is 119 Å². The zero-order valence-electron chi connectivity index (χ0n) is 6.87. The second kappa shape index (κ2) is 3.14. The molecule has 1 rings (SSSR count). The summed E-state index contributed by atoms with van der Waals surface area (Å²) in [5.41, 5.74) is 16.6. The molecule has 0 radical (unpaired) electrons. The van der Waals surface area contributed by atoms with Crippen molar-refractivity contribution in [1.29, 1.82) is 5.41 Å². The number of carbonyl (C=O) groups is 1. The van der Waals surface area contributed by atoms with Gasteiger partial charge < -0.3 is 17.2 Å². The van der Waals surface area contributed by atoms with Gasteiger partial charge in [-0.3, -0.25) is 10.2 Å². The predicted molar refractivity (Wildman–Crippen MR) is 51.3 cm³/mol. The van der Waals surface area contributed by atoms with Crippen LogP contribution < -0.4 is 17.2 Å². The third-order valence-corrected chi connectivity index (χ3v) is 1.59. The molecule has 0 aliphatic rings. The van der Waals surface area contributed by atoms with Crippen LogP contribution in [0.25, 0.3) is 0 Å². The van der Waals surface area contributed by atoms with Crippen LogP contribution in [0.4, 0.5) is 11.4 Å². The molecule has 0 heterocycles. The largest absolute Gasteiger partial charge is 0.399 e. The van der Waals surface area contributed by atoms with Gasteiger partial charge in [0.25, 0.3) is 5.91 Å². The minimum absolute atomic E-state index is 0.271. The molecule has 1 aromatic carbocycles. The quantitative estimate of drug-likeness (QED) is 0.367. The van der Waals surface area contributed by atoms with Crippen molar-refractivity contribution in [3.63, 3.8) is 0 Å². The first-order valence-corrected chi connectivity index (χ1v) is 3.56. The molecule has 0 aromatic heterocycles. The summed E-state index contributed by atoms with van der Waals surface area (Å²) in [5, 5.41) is 7.31. The highest BCUT2D eigenvalue weighted by atomic mass is 16.1. The average molecular weight is 178 g/mol. The molecular formula is C8H10N4O. The van der Waals surface area contributed by atoms with E-state index in [1.54, 1.807) is 6.07 Å². The third kappa shape index (κ3) is 1.76. The number of amides is 1. The smallest absolute Gasteiger partial charge is 0.267 e. The number of hydrogen-bond acceptors (Lipinski definition) is 4. The Bertz CT molecular complexity index is 372. The highest BCUT2D eigenvalue weighted by Crippen LogP contribution is 2.15. The minimum atomic E-state index is -0.822. The Morgan fingerprint density at radius 1 is 1.31 bits per heavy atom. The molecule has 13 heavy (non-hydrogen) atoms. The molecule has 0 atom stereocenters. The highest BCUT2D eigenvalue weighted by molar-refractivity contribution is 6.44. The number of carbonyl (C=O) groups excluding carboxylic acids is 1. The first-order chi connectivity index (χ1) is 6.02. The Labute approximate surface area is 75.0 Å². The molecule has 1 aromatic rings. The molecule has 0 spiro atoms. The summed E-state index contributed by atoms with van der Waals surface area (Å²) in [6.45, 7) is 0. The predicted octanol–water partition coefficient (Wildman–Crippen LogP) is -0.296. The lowest BCUT2D eigenvalue weighted by Gasteiger charge is -2.04. The summed E-state index contributed by atoms with van der Waals surface area (Å²) >= 11 is 0. The Balaban J connectivity index is 3.21. The number of nitrogen functional groups attached to an aromatic ring is 2. The van der Waals surface area contributed by atoms with E-state index in [-0.39, 0.29) is 11.3 Å². The second-order valence-corrected chi connectivity index (χ2v) is 2.59. The molecule has 0 bridgehead atoms. The molecule has 0 unspecified atom stereocenters. The Morgan fingerprint density at radius 3 is 2.46 bits per heavy atom. The summed E-state index contributed by atoms with van der Waals surface area (Å²) in [6.07, 6.45) is 0. The number of anilines is 2.